The Morgan fingerprint density at radius 2 is 1.46 bits per heavy atom. The Morgan fingerprint density at radius 1 is 0.857 bits per heavy atom. The third-order valence-corrected chi connectivity index (χ3v) is 6.62. The molecule has 0 saturated heterocycles. The molecule has 1 aromatic carbocycles. The van der Waals surface area contributed by atoms with Gasteiger partial charge in [0.15, 0.2) is 5.78 Å². The van der Waals surface area contributed by atoms with Crippen molar-refractivity contribution in [2.45, 2.75) is 83.3 Å². The zero-order valence-electron chi connectivity index (χ0n) is 21.1. The van der Waals surface area contributed by atoms with Crippen LogP contribution in [0.1, 0.15) is 64.4 Å². The van der Waals surface area contributed by atoms with Gasteiger partial charge in [0.1, 0.15) is 11.5 Å². The van der Waals surface area contributed by atoms with Crippen LogP contribution < -0.4 is 16.0 Å². The van der Waals surface area contributed by atoms with Crippen LogP contribution in [0, 0.1) is 0 Å². The number of ketones is 2. The minimum Gasteiger partial charge on any atom is -0.508 e. The summed E-state index contributed by atoms with van der Waals surface area (Å²) in [6.07, 6.45) is 6.40. The third kappa shape index (κ3) is 13.4. The molecule has 0 saturated carbocycles. The van der Waals surface area contributed by atoms with Gasteiger partial charge < -0.3 is 21.1 Å². The van der Waals surface area contributed by atoms with Crippen LogP contribution >= 0.6 is 25.3 Å². The van der Waals surface area contributed by atoms with Crippen LogP contribution in [0.15, 0.2) is 24.3 Å². The van der Waals surface area contributed by atoms with Crippen LogP contribution in [0.5, 0.6) is 5.75 Å². The predicted molar refractivity (Wildman–Crippen MR) is 149 cm³/mol. The van der Waals surface area contributed by atoms with Gasteiger partial charge in [-0.2, -0.15) is 25.3 Å². The number of amides is 1. The maximum absolute atomic E-state index is 13.0. The molecule has 1 rings (SSSR count). The molecule has 0 bridgehead atoms. The van der Waals surface area contributed by atoms with E-state index in [1.165, 1.54) is 0 Å². The predicted octanol–water partition coefficient (Wildman–Crippen LogP) is 3.10. The summed E-state index contributed by atoms with van der Waals surface area (Å²) >= 11 is 8.47. The summed E-state index contributed by atoms with van der Waals surface area (Å²) in [6.45, 7) is 5.08. The van der Waals surface area contributed by atoms with E-state index in [-0.39, 0.29) is 29.3 Å². The molecule has 1 amide bonds. The molecule has 1 unspecified atom stereocenters. The number of thiol groups is 2. The van der Waals surface area contributed by atoms with E-state index in [0.717, 1.165) is 50.6 Å². The van der Waals surface area contributed by atoms with Crippen molar-refractivity contribution in [3.8, 4) is 5.75 Å². The van der Waals surface area contributed by atoms with Crippen molar-refractivity contribution < 1.29 is 19.5 Å². The lowest BCUT2D eigenvalue weighted by atomic mass is 9.97. The van der Waals surface area contributed by atoms with E-state index in [2.05, 4.69) is 41.2 Å². The number of hydrogen-bond donors (Lipinski definition) is 6. The SMILES string of the molecule is CCCNC(CS)C(=O)N[C@@H](Cc1ccc(O)cc1)C(=O)CCCCCCCN[C@@H](CS)C(C)=O. The number of benzene rings is 1. The lowest BCUT2D eigenvalue weighted by Gasteiger charge is -2.22. The first kappa shape index (κ1) is 31.5. The molecular weight excluding hydrogens is 482 g/mol. The molecule has 7 nitrogen and oxygen atoms in total. The maximum Gasteiger partial charge on any atom is 0.238 e. The van der Waals surface area contributed by atoms with E-state index in [1.807, 2.05) is 6.92 Å². The van der Waals surface area contributed by atoms with Gasteiger partial charge in [-0.3, -0.25) is 14.4 Å². The zero-order chi connectivity index (χ0) is 26.1. The second kappa shape index (κ2) is 18.7. The number of carbonyl (C=O) groups is 3. The molecule has 3 atom stereocenters. The van der Waals surface area contributed by atoms with E-state index in [0.29, 0.717) is 30.9 Å². The summed E-state index contributed by atoms with van der Waals surface area (Å²) < 4.78 is 0. The van der Waals surface area contributed by atoms with Crippen molar-refractivity contribution in [1.82, 2.24) is 16.0 Å². The first-order valence-corrected chi connectivity index (χ1v) is 13.9. The van der Waals surface area contributed by atoms with Crippen molar-refractivity contribution in [1.29, 1.82) is 0 Å². The highest BCUT2D eigenvalue weighted by Crippen LogP contribution is 2.14. The first-order chi connectivity index (χ1) is 16.8. The molecule has 198 valence electrons. The van der Waals surface area contributed by atoms with Crippen molar-refractivity contribution in [3.63, 3.8) is 0 Å². The van der Waals surface area contributed by atoms with Crippen LogP contribution in [-0.2, 0) is 20.8 Å². The van der Waals surface area contributed by atoms with Crippen LogP contribution in [0.4, 0.5) is 0 Å². The number of hydrogen-bond acceptors (Lipinski definition) is 8. The summed E-state index contributed by atoms with van der Waals surface area (Å²) in [6, 6.07) is 5.45. The van der Waals surface area contributed by atoms with E-state index >= 15 is 0 Å². The lowest BCUT2D eigenvalue weighted by Crippen LogP contribution is -2.51. The lowest BCUT2D eigenvalue weighted by molar-refractivity contribution is -0.128. The number of unbranched alkanes of at least 4 members (excludes halogenated alkanes) is 4. The fourth-order valence-electron chi connectivity index (χ4n) is 3.69. The molecule has 4 N–H and O–H groups in total. The quantitative estimate of drug-likeness (QED) is 0.115. The number of rotatable bonds is 20. The van der Waals surface area contributed by atoms with Gasteiger partial charge in [-0.1, -0.05) is 38.3 Å². The molecule has 0 aliphatic carbocycles. The smallest absolute Gasteiger partial charge is 0.238 e. The molecule has 9 heteroatoms. The van der Waals surface area contributed by atoms with Gasteiger partial charge in [-0.15, -0.1) is 0 Å². The summed E-state index contributed by atoms with van der Waals surface area (Å²) in [5, 5.41) is 18.9. The maximum atomic E-state index is 13.0. The molecule has 0 aromatic heterocycles. The van der Waals surface area contributed by atoms with Gasteiger partial charge in [0, 0.05) is 17.9 Å². The summed E-state index contributed by atoms with van der Waals surface area (Å²) in [4.78, 5) is 37.2. The molecule has 0 fully saturated rings. The topological polar surface area (TPSA) is 108 Å². The van der Waals surface area contributed by atoms with Gasteiger partial charge in [0.05, 0.1) is 18.1 Å². The Morgan fingerprint density at radius 3 is 2.06 bits per heavy atom. The average molecular weight is 526 g/mol. The highest BCUT2D eigenvalue weighted by atomic mass is 32.1. The number of Topliss-reactive ketones (excluding diaryl/α,β-unsaturated/α-hetero) is 2. The minimum atomic E-state index is -0.619. The Labute approximate surface area is 221 Å². The molecule has 35 heavy (non-hydrogen) atoms. The Hall–Kier alpha value is -1.55. The summed E-state index contributed by atoms with van der Waals surface area (Å²) in [5.41, 5.74) is 0.878. The van der Waals surface area contributed by atoms with E-state index < -0.39 is 12.1 Å². The van der Waals surface area contributed by atoms with E-state index in [9.17, 15) is 19.5 Å². The van der Waals surface area contributed by atoms with Gasteiger partial charge in [0.25, 0.3) is 0 Å². The van der Waals surface area contributed by atoms with Crippen LogP contribution in [-0.4, -0.2) is 65.3 Å². The number of nitrogens with one attached hydrogen (secondary N) is 3. The number of carbonyl (C=O) groups excluding carboxylic acids is 3. The highest BCUT2D eigenvalue weighted by molar-refractivity contribution is 7.80. The largest absolute Gasteiger partial charge is 0.508 e. The first-order valence-electron chi connectivity index (χ1n) is 12.6. The number of phenolic OH excluding ortho intramolecular Hbond substituents is 1. The van der Waals surface area contributed by atoms with Crippen molar-refractivity contribution >= 4 is 42.7 Å². The Balaban J connectivity index is 2.53. The van der Waals surface area contributed by atoms with Gasteiger partial charge in [-0.05, 0) is 63.4 Å². The van der Waals surface area contributed by atoms with E-state index in [1.54, 1.807) is 31.2 Å². The van der Waals surface area contributed by atoms with Crippen LogP contribution in [0.25, 0.3) is 0 Å². The van der Waals surface area contributed by atoms with Crippen molar-refractivity contribution in [2.24, 2.45) is 0 Å². The molecule has 0 aliphatic rings. The van der Waals surface area contributed by atoms with Crippen molar-refractivity contribution in [2.75, 3.05) is 24.6 Å². The van der Waals surface area contributed by atoms with Crippen molar-refractivity contribution in [3.05, 3.63) is 29.8 Å². The van der Waals surface area contributed by atoms with E-state index in [4.69, 9.17) is 0 Å². The molecule has 0 spiro atoms. The average Bonchev–Trinajstić information content (AvgIpc) is 2.84. The number of phenols is 1. The van der Waals surface area contributed by atoms with Crippen LogP contribution in [0.2, 0.25) is 0 Å². The number of aromatic hydroxyl groups is 1. The fraction of sp³-hybridized carbons (Fsp3) is 0.654. The highest BCUT2D eigenvalue weighted by Gasteiger charge is 2.24. The summed E-state index contributed by atoms with van der Waals surface area (Å²) in [5.74, 6) is 0.916. The van der Waals surface area contributed by atoms with Gasteiger partial charge in [-0.25, -0.2) is 0 Å². The molecule has 0 radical (unpaired) electrons. The third-order valence-electron chi connectivity index (χ3n) is 5.89. The van der Waals surface area contributed by atoms with Gasteiger partial charge >= 0.3 is 0 Å². The fourth-order valence-corrected chi connectivity index (χ4v) is 4.37. The normalized spacial score (nSPS) is 13.7. The second-order valence-corrected chi connectivity index (χ2v) is 9.64. The monoisotopic (exact) mass is 525 g/mol. The molecule has 0 aliphatic heterocycles. The molecule has 0 heterocycles. The minimum absolute atomic E-state index is 0.0135. The van der Waals surface area contributed by atoms with Gasteiger partial charge in [0.2, 0.25) is 5.91 Å². The Bertz CT molecular complexity index is 761. The molecule has 1 aromatic rings. The second-order valence-electron chi connectivity index (χ2n) is 8.91. The summed E-state index contributed by atoms with van der Waals surface area (Å²) in [7, 11) is 0. The zero-order valence-corrected chi connectivity index (χ0v) is 22.9. The standard InChI is InChI=1S/C26H43N3O4S2/c1-3-14-27-24(18-35)26(33)29-22(16-20-10-12-21(31)13-11-20)25(32)9-7-5-4-6-8-15-28-23(17-34)19(2)30/h10-13,22-24,27-28,31,34-35H,3-9,14-18H2,1-2H3,(H,29,33)/t22-,23-,24?/m0/s1. The Kier molecular flexibility index (Phi) is 16.8. The van der Waals surface area contributed by atoms with Crippen LogP contribution in [0.3, 0.4) is 0 Å². The molecular formula is C26H43N3O4S2.